The van der Waals surface area contributed by atoms with Crippen LogP contribution in [0.5, 0.6) is 5.75 Å². The Balaban J connectivity index is 1.23. The van der Waals surface area contributed by atoms with Gasteiger partial charge in [-0.25, -0.2) is 0 Å². The number of carbonyl (C=O) groups excluding carboxylic acids is 2. The number of nitrogens with zero attached hydrogens (tertiary/aromatic N) is 3. The second-order valence-electron chi connectivity index (χ2n) is 8.92. The molecule has 5 rings (SSSR count). The van der Waals surface area contributed by atoms with Crippen molar-refractivity contribution in [2.75, 3.05) is 32.7 Å². The molecule has 0 atom stereocenters. The molecule has 2 aromatic rings. The van der Waals surface area contributed by atoms with E-state index < -0.39 is 0 Å². The Morgan fingerprint density at radius 2 is 1.45 bits per heavy atom. The monoisotopic (exact) mass is 419 g/mol. The second kappa shape index (κ2) is 8.35. The molecular formula is C25H29N3O3. The van der Waals surface area contributed by atoms with Crippen LogP contribution in [0.25, 0.3) is 0 Å². The number of phenols is 1. The van der Waals surface area contributed by atoms with Crippen molar-refractivity contribution >= 4 is 11.8 Å². The van der Waals surface area contributed by atoms with E-state index >= 15 is 0 Å². The molecule has 2 amide bonds. The Morgan fingerprint density at radius 3 is 2.13 bits per heavy atom. The molecule has 6 heteroatoms. The van der Waals surface area contributed by atoms with Crippen LogP contribution in [0.1, 0.15) is 51.1 Å². The largest absolute Gasteiger partial charge is 0.508 e. The molecule has 1 N–H and O–H groups in total. The van der Waals surface area contributed by atoms with Crippen molar-refractivity contribution in [3.63, 3.8) is 0 Å². The summed E-state index contributed by atoms with van der Waals surface area (Å²) in [7, 11) is 0. The molecule has 1 saturated heterocycles. The fraction of sp³-hybridized carbons (Fsp3) is 0.440. The van der Waals surface area contributed by atoms with Crippen LogP contribution in [-0.4, -0.2) is 70.4 Å². The zero-order valence-electron chi connectivity index (χ0n) is 17.8. The van der Waals surface area contributed by atoms with E-state index in [0.29, 0.717) is 18.7 Å². The van der Waals surface area contributed by atoms with Gasteiger partial charge in [-0.15, -0.1) is 0 Å². The fourth-order valence-electron chi connectivity index (χ4n) is 4.87. The number of benzene rings is 2. The first-order valence-corrected chi connectivity index (χ1v) is 11.3. The summed E-state index contributed by atoms with van der Waals surface area (Å²) in [5, 5.41) is 9.44. The highest BCUT2D eigenvalue weighted by atomic mass is 16.3. The maximum Gasteiger partial charge on any atom is 0.254 e. The first-order chi connectivity index (χ1) is 15.1. The standard InChI is InChI=1S/C25H29N3O3/c29-23-8-6-18(7-9-23)24(30)28-11-10-19-16-20(4-5-21(19)17-28)25(31)27-14-12-26(13-15-27)22-2-1-3-22/h4-9,16,22,29H,1-3,10-15,17H2. The predicted molar refractivity (Wildman–Crippen MR) is 118 cm³/mol. The number of fused-ring (bicyclic) bond motifs is 1. The maximum absolute atomic E-state index is 13.1. The van der Waals surface area contributed by atoms with Gasteiger partial charge in [-0.3, -0.25) is 14.5 Å². The topological polar surface area (TPSA) is 64.1 Å². The molecular weight excluding hydrogens is 390 g/mol. The van der Waals surface area contributed by atoms with Gasteiger partial charge in [0.25, 0.3) is 11.8 Å². The highest BCUT2D eigenvalue weighted by Crippen LogP contribution is 2.27. The lowest BCUT2D eigenvalue weighted by molar-refractivity contribution is 0.0455. The predicted octanol–water partition coefficient (Wildman–Crippen LogP) is 2.90. The van der Waals surface area contributed by atoms with Crippen LogP contribution in [0.2, 0.25) is 0 Å². The molecule has 31 heavy (non-hydrogen) atoms. The van der Waals surface area contributed by atoms with E-state index in [4.69, 9.17) is 0 Å². The van der Waals surface area contributed by atoms with Crippen LogP contribution in [0.4, 0.5) is 0 Å². The molecule has 2 fully saturated rings. The Bertz CT molecular complexity index is 976. The van der Waals surface area contributed by atoms with Crippen molar-refractivity contribution in [2.24, 2.45) is 0 Å². The first kappa shape index (κ1) is 20.1. The first-order valence-electron chi connectivity index (χ1n) is 11.3. The van der Waals surface area contributed by atoms with Crippen molar-refractivity contribution in [1.29, 1.82) is 0 Å². The Hall–Kier alpha value is -2.86. The lowest BCUT2D eigenvalue weighted by atomic mass is 9.91. The molecule has 2 aromatic carbocycles. The molecule has 0 radical (unpaired) electrons. The normalized spacial score (nSPS) is 19.6. The number of amides is 2. The van der Waals surface area contributed by atoms with Gasteiger partial charge >= 0.3 is 0 Å². The molecule has 1 saturated carbocycles. The van der Waals surface area contributed by atoms with E-state index in [1.54, 1.807) is 12.1 Å². The molecule has 0 bridgehead atoms. The summed E-state index contributed by atoms with van der Waals surface area (Å²) >= 11 is 0. The third-order valence-corrected chi connectivity index (χ3v) is 7.06. The van der Waals surface area contributed by atoms with Gasteiger partial charge in [-0.1, -0.05) is 12.5 Å². The molecule has 3 aliphatic rings. The van der Waals surface area contributed by atoms with Crippen molar-refractivity contribution in [3.8, 4) is 5.75 Å². The van der Waals surface area contributed by atoms with Crippen molar-refractivity contribution in [2.45, 2.75) is 38.3 Å². The molecule has 0 unspecified atom stereocenters. The van der Waals surface area contributed by atoms with Gasteiger partial charge in [0, 0.05) is 56.4 Å². The maximum atomic E-state index is 13.1. The van der Waals surface area contributed by atoms with E-state index in [1.165, 1.54) is 31.4 Å². The van der Waals surface area contributed by atoms with Gasteiger partial charge in [-0.05, 0) is 66.8 Å². The quantitative estimate of drug-likeness (QED) is 0.831. The van der Waals surface area contributed by atoms with Gasteiger partial charge in [0.05, 0.1) is 0 Å². The second-order valence-corrected chi connectivity index (χ2v) is 8.92. The summed E-state index contributed by atoms with van der Waals surface area (Å²) in [5.41, 5.74) is 3.60. The Morgan fingerprint density at radius 1 is 0.774 bits per heavy atom. The van der Waals surface area contributed by atoms with Gasteiger partial charge in [0.1, 0.15) is 5.75 Å². The van der Waals surface area contributed by atoms with Crippen LogP contribution in [0.15, 0.2) is 42.5 Å². The van der Waals surface area contributed by atoms with E-state index in [2.05, 4.69) is 4.90 Å². The number of aromatic hydroxyl groups is 1. The minimum atomic E-state index is -0.0323. The van der Waals surface area contributed by atoms with Gasteiger partial charge in [0.2, 0.25) is 0 Å². The highest BCUT2D eigenvalue weighted by Gasteiger charge is 2.30. The average molecular weight is 420 g/mol. The van der Waals surface area contributed by atoms with Crippen molar-refractivity contribution in [3.05, 3.63) is 64.7 Å². The molecule has 2 heterocycles. The summed E-state index contributed by atoms with van der Waals surface area (Å²) < 4.78 is 0. The average Bonchev–Trinajstić information content (AvgIpc) is 2.77. The van der Waals surface area contributed by atoms with Crippen LogP contribution in [0, 0.1) is 0 Å². The molecule has 2 aliphatic heterocycles. The fourth-order valence-corrected chi connectivity index (χ4v) is 4.87. The lowest BCUT2D eigenvalue weighted by Crippen LogP contribution is -2.53. The number of rotatable bonds is 3. The van der Waals surface area contributed by atoms with Gasteiger partial charge in [-0.2, -0.15) is 0 Å². The summed E-state index contributed by atoms with van der Waals surface area (Å²) in [6.45, 7) is 4.75. The summed E-state index contributed by atoms with van der Waals surface area (Å²) in [5.74, 6) is 0.246. The number of carbonyl (C=O) groups is 2. The zero-order chi connectivity index (χ0) is 21.4. The van der Waals surface area contributed by atoms with Crippen molar-refractivity contribution in [1.82, 2.24) is 14.7 Å². The van der Waals surface area contributed by atoms with Crippen LogP contribution in [0.3, 0.4) is 0 Å². The third-order valence-electron chi connectivity index (χ3n) is 7.06. The number of phenolic OH excluding ortho intramolecular Hbond substituents is 1. The van der Waals surface area contributed by atoms with E-state index in [1.807, 2.05) is 28.0 Å². The lowest BCUT2D eigenvalue weighted by Gasteiger charge is -2.43. The molecule has 0 spiro atoms. The minimum absolute atomic E-state index is 0.0323. The SMILES string of the molecule is O=C(c1ccc2c(c1)CCN(C(=O)c1ccc(O)cc1)C2)N1CCN(C2CCC2)CC1. The minimum Gasteiger partial charge on any atom is -0.508 e. The zero-order valence-corrected chi connectivity index (χ0v) is 17.8. The van der Waals surface area contributed by atoms with Gasteiger partial charge < -0.3 is 14.9 Å². The van der Waals surface area contributed by atoms with Gasteiger partial charge in [0.15, 0.2) is 0 Å². The van der Waals surface area contributed by atoms with Crippen LogP contribution in [-0.2, 0) is 13.0 Å². The smallest absolute Gasteiger partial charge is 0.254 e. The Kier molecular flexibility index (Phi) is 5.40. The summed E-state index contributed by atoms with van der Waals surface area (Å²) in [6.07, 6.45) is 4.71. The third kappa shape index (κ3) is 4.04. The molecule has 162 valence electrons. The van der Waals surface area contributed by atoms with E-state index in [9.17, 15) is 14.7 Å². The summed E-state index contributed by atoms with van der Waals surface area (Å²) in [6, 6.07) is 13.1. The number of hydrogen-bond acceptors (Lipinski definition) is 4. The Labute approximate surface area is 183 Å². The molecule has 6 nitrogen and oxygen atoms in total. The van der Waals surface area contributed by atoms with Crippen molar-refractivity contribution < 1.29 is 14.7 Å². The number of hydrogen-bond donors (Lipinski definition) is 1. The van der Waals surface area contributed by atoms with E-state index in [0.717, 1.165) is 55.3 Å². The number of piperazine rings is 1. The summed E-state index contributed by atoms with van der Waals surface area (Å²) in [4.78, 5) is 32.2. The highest BCUT2D eigenvalue weighted by molar-refractivity contribution is 5.95. The molecule has 0 aromatic heterocycles. The molecule has 1 aliphatic carbocycles. The van der Waals surface area contributed by atoms with E-state index in [-0.39, 0.29) is 17.6 Å². The van der Waals surface area contributed by atoms with Crippen LogP contribution >= 0.6 is 0 Å². The van der Waals surface area contributed by atoms with Crippen LogP contribution < -0.4 is 0 Å².